The molecule has 1 fully saturated rings. The fourth-order valence-electron chi connectivity index (χ4n) is 3.27. The number of hydrogen-bond acceptors (Lipinski definition) is 3. The van der Waals surface area contributed by atoms with Crippen LogP contribution in [0.15, 0.2) is 18.2 Å². The van der Waals surface area contributed by atoms with Crippen LogP contribution in [0.2, 0.25) is 0 Å². The second kappa shape index (κ2) is 8.23. The van der Waals surface area contributed by atoms with E-state index in [2.05, 4.69) is 6.92 Å². The first kappa shape index (κ1) is 17.6. The number of nitrogens with zero attached hydrogens (tertiary/aromatic N) is 1. The molecule has 1 amide bonds. The molecule has 1 aromatic carbocycles. The van der Waals surface area contributed by atoms with Gasteiger partial charge in [0.2, 0.25) is 5.91 Å². The molecule has 4 nitrogen and oxygen atoms in total. The first-order valence-corrected chi connectivity index (χ1v) is 8.51. The molecule has 0 atom stereocenters. The van der Waals surface area contributed by atoms with Gasteiger partial charge in [0.1, 0.15) is 11.5 Å². The van der Waals surface area contributed by atoms with Gasteiger partial charge in [-0.1, -0.05) is 6.92 Å². The summed E-state index contributed by atoms with van der Waals surface area (Å²) in [6, 6.07) is 6.20. The van der Waals surface area contributed by atoms with E-state index < -0.39 is 0 Å². The van der Waals surface area contributed by atoms with Crippen LogP contribution in [0.25, 0.3) is 0 Å². The lowest BCUT2D eigenvalue weighted by molar-refractivity contribution is -0.132. The van der Waals surface area contributed by atoms with E-state index in [-0.39, 0.29) is 5.91 Å². The molecule has 1 saturated carbocycles. The minimum atomic E-state index is 0.228. The maximum absolute atomic E-state index is 12.5. The van der Waals surface area contributed by atoms with Crippen LogP contribution in [-0.2, 0) is 11.2 Å². The zero-order valence-corrected chi connectivity index (χ0v) is 14.8. The highest BCUT2D eigenvalue weighted by Crippen LogP contribution is 2.27. The van der Waals surface area contributed by atoms with Crippen molar-refractivity contribution in [3.8, 4) is 11.5 Å². The molecule has 0 saturated heterocycles. The van der Waals surface area contributed by atoms with E-state index in [0.29, 0.717) is 18.9 Å². The number of carbonyl (C=O) groups is 1. The summed E-state index contributed by atoms with van der Waals surface area (Å²) in [6.45, 7) is 2.30. The second-order valence-electron chi connectivity index (χ2n) is 6.64. The number of rotatable bonds is 6. The van der Waals surface area contributed by atoms with Gasteiger partial charge in [-0.05, 0) is 55.7 Å². The molecular formula is C19H29NO3. The van der Waals surface area contributed by atoms with E-state index >= 15 is 0 Å². The highest BCUT2D eigenvalue weighted by atomic mass is 16.5. The van der Waals surface area contributed by atoms with Crippen molar-refractivity contribution in [1.82, 2.24) is 4.90 Å². The van der Waals surface area contributed by atoms with Gasteiger partial charge in [0.05, 0.1) is 14.2 Å². The average molecular weight is 319 g/mol. The molecule has 128 valence electrons. The molecule has 1 aliphatic carbocycles. The van der Waals surface area contributed by atoms with Crippen molar-refractivity contribution < 1.29 is 14.3 Å². The number of benzene rings is 1. The Kier molecular flexibility index (Phi) is 6.31. The summed E-state index contributed by atoms with van der Waals surface area (Å²) in [5.74, 6) is 2.56. The lowest BCUT2D eigenvalue weighted by Gasteiger charge is -2.33. The largest absolute Gasteiger partial charge is 0.497 e. The zero-order valence-electron chi connectivity index (χ0n) is 14.8. The molecule has 0 heterocycles. The summed E-state index contributed by atoms with van der Waals surface area (Å²) in [5.41, 5.74) is 1.07. The van der Waals surface area contributed by atoms with Crippen LogP contribution in [0.5, 0.6) is 11.5 Å². The Morgan fingerprint density at radius 2 is 1.65 bits per heavy atom. The molecule has 0 radical (unpaired) electrons. The van der Waals surface area contributed by atoms with Crippen LogP contribution in [0.3, 0.4) is 0 Å². The predicted molar refractivity (Wildman–Crippen MR) is 92.1 cm³/mol. The van der Waals surface area contributed by atoms with E-state index in [9.17, 15) is 4.79 Å². The third kappa shape index (κ3) is 4.88. The van der Waals surface area contributed by atoms with Crippen LogP contribution < -0.4 is 9.47 Å². The van der Waals surface area contributed by atoms with Crippen molar-refractivity contribution in [2.75, 3.05) is 21.3 Å². The smallest absolute Gasteiger partial charge is 0.222 e. The SMILES string of the molecule is COc1cc(CCC(=O)N(C)C2CCC(C)CC2)cc(OC)c1. The van der Waals surface area contributed by atoms with Crippen LogP contribution in [-0.4, -0.2) is 38.1 Å². The van der Waals surface area contributed by atoms with Crippen LogP contribution in [0.1, 0.15) is 44.6 Å². The summed E-state index contributed by atoms with van der Waals surface area (Å²) in [6.07, 6.45) is 5.97. The van der Waals surface area contributed by atoms with Gasteiger partial charge in [-0.3, -0.25) is 4.79 Å². The van der Waals surface area contributed by atoms with Gasteiger partial charge in [-0.2, -0.15) is 0 Å². The predicted octanol–water partition coefficient (Wildman–Crippen LogP) is 3.67. The Morgan fingerprint density at radius 1 is 1.09 bits per heavy atom. The van der Waals surface area contributed by atoms with Crippen molar-refractivity contribution in [2.45, 2.75) is 51.5 Å². The fourth-order valence-corrected chi connectivity index (χ4v) is 3.27. The first-order chi connectivity index (χ1) is 11.0. The quantitative estimate of drug-likeness (QED) is 0.803. The van der Waals surface area contributed by atoms with E-state index in [0.717, 1.165) is 35.8 Å². The molecule has 4 heteroatoms. The highest BCUT2D eigenvalue weighted by molar-refractivity contribution is 5.76. The molecule has 0 aliphatic heterocycles. The minimum Gasteiger partial charge on any atom is -0.497 e. The van der Waals surface area contributed by atoms with Gasteiger partial charge in [0.15, 0.2) is 0 Å². The minimum absolute atomic E-state index is 0.228. The molecule has 2 rings (SSSR count). The zero-order chi connectivity index (χ0) is 16.8. The number of ether oxygens (including phenoxy) is 2. The fraction of sp³-hybridized carbons (Fsp3) is 0.632. The van der Waals surface area contributed by atoms with E-state index in [1.165, 1.54) is 12.8 Å². The highest BCUT2D eigenvalue weighted by Gasteiger charge is 2.24. The number of methoxy groups -OCH3 is 2. The summed E-state index contributed by atoms with van der Waals surface area (Å²) in [4.78, 5) is 14.4. The van der Waals surface area contributed by atoms with Crippen LogP contribution in [0, 0.1) is 5.92 Å². The van der Waals surface area contributed by atoms with Gasteiger partial charge in [-0.15, -0.1) is 0 Å². The van der Waals surface area contributed by atoms with E-state index in [4.69, 9.17) is 9.47 Å². The number of hydrogen-bond donors (Lipinski definition) is 0. The van der Waals surface area contributed by atoms with Crippen LogP contribution in [0.4, 0.5) is 0 Å². The summed E-state index contributed by atoms with van der Waals surface area (Å²) in [5, 5.41) is 0. The average Bonchev–Trinajstić information content (AvgIpc) is 2.59. The molecule has 0 unspecified atom stereocenters. The number of aryl methyl sites for hydroxylation is 1. The Hall–Kier alpha value is -1.71. The Balaban J connectivity index is 1.90. The maximum atomic E-state index is 12.5. The molecule has 0 bridgehead atoms. The van der Waals surface area contributed by atoms with Crippen LogP contribution >= 0.6 is 0 Å². The lowest BCUT2D eigenvalue weighted by Crippen LogP contribution is -2.39. The normalized spacial score (nSPS) is 20.9. The molecule has 23 heavy (non-hydrogen) atoms. The molecule has 0 spiro atoms. The van der Waals surface area contributed by atoms with E-state index in [1.807, 2.05) is 30.1 Å². The van der Waals surface area contributed by atoms with Gasteiger partial charge < -0.3 is 14.4 Å². The molecule has 1 aliphatic rings. The first-order valence-electron chi connectivity index (χ1n) is 8.51. The monoisotopic (exact) mass is 319 g/mol. The number of carbonyl (C=O) groups excluding carboxylic acids is 1. The van der Waals surface area contributed by atoms with Gasteiger partial charge in [-0.25, -0.2) is 0 Å². The standard InChI is InChI=1S/C19H29NO3/c1-14-5-8-16(9-6-14)20(2)19(21)10-7-15-11-17(22-3)13-18(12-15)23-4/h11-14,16H,5-10H2,1-4H3. The molecule has 0 aromatic heterocycles. The van der Waals surface area contributed by atoms with Crippen molar-refractivity contribution in [3.63, 3.8) is 0 Å². The van der Waals surface area contributed by atoms with Gasteiger partial charge in [0.25, 0.3) is 0 Å². The second-order valence-corrected chi connectivity index (χ2v) is 6.64. The molecule has 0 N–H and O–H groups in total. The maximum Gasteiger partial charge on any atom is 0.222 e. The van der Waals surface area contributed by atoms with Crippen molar-refractivity contribution in [1.29, 1.82) is 0 Å². The lowest BCUT2D eigenvalue weighted by atomic mass is 9.86. The van der Waals surface area contributed by atoms with Gasteiger partial charge >= 0.3 is 0 Å². The topological polar surface area (TPSA) is 38.8 Å². The van der Waals surface area contributed by atoms with Crippen molar-refractivity contribution in [3.05, 3.63) is 23.8 Å². The number of amides is 1. The van der Waals surface area contributed by atoms with Gasteiger partial charge in [0, 0.05) is 25.6 Å². The third-order valence-electron chi connectivity index (χ3n) is 4.97. The third-order valence-corrected chi connectivity index (χ3v) is 4.97. The molecule has 1 aromatic rings. The van der Waals surface area contributed by atoms with Crippen molar-refractivity contribution >= 4 is 5.91 Å². The Morgan fingerprint density at radius 3 is 2.17 bits per heavy atom. The van der Waals surface area contributed by atoms with E-state index in [1.54, 1.807) is 14.2 Å². The Labute approximate surface area is 139 Å². The summed E-state index contributed by atoms with van der Waals surface area (Å²) >= 11 is 0. The summed E-state index contributed by atoms with van der Waals surface area (Å²) < 4.78 is 10.6. The van der Waals surface area contributed by atoms with Crippen molar-refractivity contribution in [2.24, 2.45) is 5.92 Å². The summed E-state index contributed by atoms with van der Waals surface area (Å²) in [7, 11) is 5.23. The molecular weight excluding hydrogens is 290 g/mol. The Bertz CT molecular complexity index is 499.